The van der Waals surface area contributed by atoms with Gasteiger partial charge in [-0.3, -0.25) is 9.89 Å². The number of carboxylic acid groups (broad SMARTS) is 1. The highest BCUT2D eigenvalue weighted by molar-refractivity contribution is 5.71. The van der Waals surface area contributed by atoms with Crippen LogP contribution in [0.3, 0.4) is 0 Å². The fraction of sp³-hybridized carbons (Fsp3) is 0.750. The van der Waals surface area contributed by atoms with Gasteiger partial charge in [-0.1, -0.05) is 20.8 Å². The smallest absolute Gasteiger partial charge is 0.307 e. The van der Waals surface area contributed by atoms with Crippen LogP contribution >= 0.6 is 0 Å². The maximum absolute atomic E-state index is 11.2. The average Bonchev–Trinajstić information content (AvgIpc) is 2.82. The molecule has 5 heteroatoms. The second-order valence-corrected chi connectivity index (χ2v) is 5.36. The van der Waals surface area contributed by atoms with Gasteiger partial charge < -0.3 is 5.11 Å². The number of nitrogens with one attached hydrogen (secondary N) is 1. The molecule has 2 N–H and O–H groups in total. The van der Waals surface area contributed by atoms with Gasteiger partial charge in [0.15, 0.2) is 5.82 Å². The van der Waals surface area contributed by atoms with E-state index in [4.69, 9.17) is 0 Å². The minimum atomic E-state index is -0.721. The summed E-state index contributed by atoms with van der Waals surface area (Å²) in [6.45, 7) is 6.15. The summed E-state index contributed by atoms with van der Waals surface area (Å²) in [4.78, 5) is 15.6. The Hall–Kier alpha value is -1.39. The van der Waals surface area contributed by atoms with Gasteiger partial charge >= 0.3 is 5.97 Å². The van der Waals surface area contributed by atoms with Crippen LogP contribution in [0.2, 0.25) is 0 Å². The van der Waals surface area contributed by atoms with Gasteiger partial charge in [-0.15, -0.1) is 0 Å². The lowest BCUT2D eigenvalue weighted by atomic mass is 9.96. The van der Waals surface area contributed by atoms with Gasteiger partial charge in [0.05, 0.1) is 5.92 Å². The predicted molar refractivity (Wildman–Crippen MR) is 62.7 cm³/mol. The Bertz CT molecular complexity index is 414. The highest BCUT2D eigenvalue weighted by Crippen LogP contribution is 2.41. The largest absolute Gasteiger partial charge is 0.481 e. The third kappa shape index (κ3) is 2.33. The van der Waals surface area contributed by atoms with Gasteiger partial charge in [0.25, 0.3) is 0 Å². The lowest BCUT2D eigenvalue weighted by molar-refractivity contribution is -0.142. The van der Waals surface area contributed by atoms with E-state index in [-0.39, 0.29) is 17.8 Å². The summed E-state index contributed by atoms with van der Waals surface area (Å²) in [6.07, 6.45) is 1.61. The Kier molecular flexibility index (Phi) is 3.17. The van der Waals surface area contributed by atoms with Crippen molar-refractivity contribution >= 4 is 5.97 Å². The second-order valence-electron chi connectivity index (χ2n) is 5.36. The van der Waals surface area contributed by atoms with Crippen molar-refractivity contribution < 1.29 is 9.90 Å². The topological polar surface area (TPSA) is 78.9 Å². The highest BCUT2D eigenvalue weighted by Gasteiger charge is 2.39. The number of aromatic nitrogens is 3. The van der Waals surface area contributed by atoms with E-state index in [9.17, 15) is 9.90 Å². The van der Waals surface area contributed by atoms with Crippen molar-refractivity contribution in [2.45, 2.75) is 45.4 Å². The Balaban J connectivity index is 2.22. The highest BCUT2D eigenvalue weighted by atomic mass is 16.4. The van der Waals surface area contributed by atoms with Crippen LogP contribution < -0.4 is 0 Å². The van der Waals surface area contributed by atoms with E-state index in [1.54, 1.807) is 0 Å². The number of carboxylic acids is 1. The molecule has 3 atom stereocenters. The number of rotatable bonds is 3. The van der Waals surface area contributed by atoms with E-state index in [0.29, 0.717) is 5.92 Å². The molecule has 1 aromatic rings. The lowest BCUT2D eigenvalue weighted by Gasteiger charge is -2.11. The minimum absolute atomic E-state index is 0.0116. The molecule has 5 nitrogen and oxygen atoms in total. The molecular weight excluding hydrogens is 218 g/mol. The first-order valence-corrected chi connectivity index (χ1v) is 6.14. The summed E-state index contributed by atoms with van der Waals surface area (Å²) < 4.78 is 0. The maximum atomic E-state index is 11.2. The van der Waals surface area contributed by atoms with Crippen LogP contribution in [0.5, 0.6) is 0 Å². The van der Waals surface area contributed by atoms with Gasteiger partial charge in [0.1, 0.15) is 5.82 Å². The average molecular weight is 237 g/mol. The molecule has 1 heterocycles. The first-order chi connectivity index (χ1) is 7.99. The van der Waals surface area contributed by atoms with Crippen LogP contribution in [0.25, 0.3) is 0 Å². The van der Waals surface area contributed by atoms with E-state index in [0.717, 1.165) is 24.5 Å². The minimum Gasteiger partial charge on any atom is -0.481 e. The van der Waals surface area contributed by atoms with E-state index in [1.807, 2.05) is 13.8 Å². The summed E-state index contributed by atoms with van der Waals surface area (Å²) in [7, 11) is 0. The molecule has 0 amide bonds. The quantitative estimate of drug-likeness (QED) is 0.844. The van der Waals surface area contributed by atoms with Crippen LogP contribution in [0, 0.1) is 11.8 Å². The third-order valence-electron chi connectivity index (χ3n) is 3.50. The van der Waals surface area contributed by atoms with Crippen molar-refractivity contribution in [3.8, 4) is 0 Å². The van der Waals surface area contributed by atoms with Crippen molar-refractivity contribution in [2.75, 3.05) is 0 Å². The van der Waals surface area contributed by atoms with Gasteiger partial charge in [0.2, 0.25) is 0 Å². The number of carbonyl (C=O) groups is 1. The van der Waals surface area contributed by atoms with Crippen LogP contribution in [-0.4, -0.2) is 26.3 Å². The molecule has 1 aromatic heterocycles. The van der Waals surface area contributed by atoms with Gasteiger partial charge in [-0.05, 0) is 18.8 Å². The molecule has 3 unspecified atom stereocenters. The molecular formula is C12H19N3O2. The monoisotopic (exact) mass is 237 g/mol. The molecule has 2 rings (SSSR count). The summed E-state index contributed by atoms with van der Waals surface area (Å²) in [6, 6.07) is 0. The molecule has 0 spiro atoms. The number of hydrogen-bond acceptors (Lipinski definition) is 3. The fourth-order valence-corrected chi connectivity index (χ4v) is 2.58. The van der Waals surface area contributed by atoms with Crippen molar-refractivity contribution in [1.82, 2.24) is 15.2 Å². The first-order valence-electron chi connectivity index (χ1n) is 6.14. The number of aromatic amines is 1. The summed E-state index contributed by atoms with van der Waals surface area (Å²) in [5.74, 6) is 1.16. The molecule has 0 radical (unpaired) electrons. The predicted octanol–water partition coefficient (Wildman–Crippen LogP) is 2.14. The Labute approximate surface area is 101 Å². The van der Waals surface area contributed by atoms with Crippen LogP contribution in [0.15, 0.2) is 0 Å². The van der Waals surface area contributed by atoms with Crippen LogP contribution in [-0.2, 0) is 4.79 Å². The number of aliphatic carboxylic acids is 1. The number of nitrogens with zero attached hydrogens (tertiary/aromatic N) is 2. The molecule has 1 aliphatic carbocycles. The Morgan fingerprint density at radius 1 is 1.47 bits per heavy atom. The molecule has 0 aromatic carbocycles. The molecule has 17 heavy (non-hydrogen) atoms. The molecule has 94 valence electrons. The Morgan fingerprint density at radius 2 is 2.18 bits per heavy atom. The maximum Gasteiger partial charge on any atom is 0.307 e. The molecule has 0 aliphatic heterocycles. The van der Waals surface area contributed by atoms with Crippen molar-refractivity contribution in [3.63, 3.8) is 0 Å². The molecule has 1 fully saturated rings. The van der Waals surface area contributed by atoms with Crippen LogP contribution in [0.1, 0.15) is 57.1 Å². The number of H-pyrrole nitrogens is 1. The van der Waals surface area contributed by atoms with E-state index in [2.05, 4.69) is 22.1 Å². The zero-order chi connectivity index (χ0) is 12.6. The van der Waals surface area contributed by atoms with E-state index in [1.165, 1.54) is 0 Å². The molecule has 1 aliphatic rings. The Morgan fingerprint density at radius 3 is 2.71 bits per heavy atom. The van der Waals surface area contributed by atoms with Gasteiger partial charge in [0, 0.05) is 11.8 Å². The fourth-order valence-electron chi connectivity index (χ4n) is 2.58. The van der Waals surface area contributed by atoms with Crippen molar-refractivity contribution in [3.05, 3.63) is 11.6 Å². The van der Waals surface area contributed by atoms with Crippen molar-refractivity contribution in [1.29, 1.82) is 0 Å². The second kappa shape index (κ2) is 4.47. The SMILES string of the molecule is CC1CC(C(=O)O)C(c2nc(C(C)C)n[nH]2)C1. The molecule has 0 bridgehead atoms. The van der Waals surface area contributed by atoms with Crippen molar-refractivity contribution in [2.24, 2.45) is 11.8 Å². The van der Waals surface area contributed by atoms with Gasteiger partial charge in [-0.2, -0.15) is 5.10 Å². The normalized spacial score (nSPS) is 28.8. The van der Waals surface area contributed by atoms with Crippen LogP contribution in [0.4, 0.5) is 0 Å². The molecule has 1 saturated carbocycles. The lowest BCUT2D eigenvalue weighted by Crippen LogP contribution is -2.17. The van der Waals surface area contributed by atoms with E-state index < -0.39 is 5.97 Å². The zero-order valence-corrected chi connectivity index (χ0v) is 10.5. The summed E-state index contributed by atoms with van der Waals surface area (Å²) in [5, 5.41) is 16.3. The third-order valence-corrected chi connectivity index (χ3v) is 3.50. The molecule has 0 saturated heterocycles. The van der Waals surface area contributed by atoms with Gasteiger partial charge in [-0.25, -0.2) is 4.98 Å². The first kappa shape index (κ1) is 12.1. The zero-order valence-electron chi connectivity index (χ0n) is 10.5. The standard InChI is InChI=1S/C12H19N3O2/c1-6(2)10-13-11(15-14-10)8-4-7(3)5-9(8)12(16)17/h6-9H,4-5H2,1-3H3,(H,16,17)(H,13,14,15). The summed E-state index contributed by atoms with van der Waals surface area (Å²) >= 11 is 0. The number of hydrogen-bond donors (Lipinski definition) is 2. The van der Waals surface area contributed by atoms with E-state index >= 15 is 0 Å². The summed E-state index contributed by atoms with van der Waals surface area (Å²) in [5.41, 5.74) is 0.